The topological polar surface area (TPSA) is 83.6 Å². The third-order valence-electron chi connectivity index (χ3n) is 2.11. The summed E-state index contributed by atoms with van der Waals surface area (Å²) in [6.45, 7) is 1.94. The standard InChI is InChI=1S/C7H12N2O3/c1-4(7(11)12)9-3-2-5(8)6(9)10/h4-5H,2-3,8H2,1H3,(H,11,12)/t4-,5-/m1/s1. The lowest BCUT2D eigenvalue weighted by molar-refractivity contribution is -0.147. The minimum Gasteiger partial charge on any atom is -0.480 e. The Balaban J connectivity index is 2.65. The summed E-state index contributed by atoms with van der Waals surface area (Å²) in [5.41, 5.74) is 5.42. The molecule has 68 valence electrons. The van der Waals surface area contributed by atoms with Crippen LogP contribution in [0.3, 0.4) is 0 Å². The SMILES string of the molecule is C[C@H](C(=O)O)N1CC[C@@H](N)C1=O. The summed E-state index contributed by atoms with van der Waals surface area (Å²) in [5, 5.41) is 8.61. The summed E-state index contributed by atoms with van der Waals surface area (Å²) in [7, 11) is 0. The highest BCUT2D eigenvalue weighted by molar-refractivity contribution is 5.88. The molecular formula is C7H12N2O3. The molecular weight excluding hydrogens is 160 g/mol. The van der Waals surface area contributed by atoms with Gasteiger partial charge in [-0.1, -0.05) is 0 Å². The average Bonchev–Trinajstić information content (AvgIpc) is 2.32. The Kier molecular flexibility index (Phi) is 2.32. The van der Waals surface area contributed by atoms with Crippen LogP contribution in [0.25, 0.3) is 0 Å². The van der Waals surface area contributed by atoms with E-state index in [0.717, 1.165) is 0 Å². The molecule has 0 unspecified atom stereocenters. The molecule has 0 aromatic carbocycles. The van der Waals surface area contributed by atoms with E-state index in [4.69, 9.17) is 10.8 Å². The van der Waals surface area contributed by atoms with E-state index in [9.17, 15) is 9.59 Å². The number of carbonyl (C=O) groups is 2. The number of nitrogens with zero attached hydrogens (tertiary/aromatic N) is 1. The fourth-order valence-corrected chi connectivity index (χ4v) is 1.24. The van der Waals surface area contributed by atoms with Crippen molar-refractivity contribution in [3.8, 4) is 0 Å². The van der Waals surface area contributed by atoms with Crippen molar-refractivity contribution in [2.75, 3.05) is 6.54 Å². The van der Waals surface area contributed by atoms with Crippen molar-refractivity contribution < 1.29 is 14.7 Å². The van der Waals surface area contributed by atoms with Gasteiger partial charge in [0.1, 0.15) is 6.04 Å². The first kappa shape index (κ1) is 8.99. The summed E-state index contributed by atoms with van der Waals surface area (Å²) < 4.78 is 0. The van der Waals surface area contributed by atoms with Gasteiger partial charge in [-0.2, -0.15) is 0 Å². The largest absolute Gasteiger partial charge is 0.480 e. The molecule has 0 saturated carbocycles. The van der Waals surface area contributed by atoms with Crippen molar-refractivity contribution in [3.05, 3.63) is 0 Å². The second kappa shape index (κ2) is 3.10. The maximum Gasteiger partial charge on any atom is 0.326 e. The van der Waals surface area contributed by atoms with Gasteiger partial charge in [-0.15, -0.1) is 0 Å². The third-order valence-corrected chi connectivity index (χ3v) is 2.11. The molecule has 2 atom stereocenters. The highest BCUT2D eigenvalue weighted by Crippen LogP contribution is 2.12. The molecule has 1 amide bonds. The minimum atomic E-state index is -0.988. The number of carboxylic acids is 1. The Labute approximate surface area is 70.1 Å². The van der Waals surface area contributed by atoms with Crippen LogP contribution < -0.4 is 5.73 Å². The molecule has 5 heteroatoms. The van der Waals surface area contributed by atoms with Crippen LogP contribution in [0.2, 0.25) is 0 Å². The van der Waals surface area contributed by atoms with Gasteiger partial charge < -0.3 is 15.7 Å². The summed E-state index contributed by atoms with van der Waals surface area (Å²) in [5.74, 6) is -1.25. The monoisotopic (exact) mass is 172 g/mol. The van der Waals surface area contributed by atoms with Crippen molar-refractivity contribution in [1.82, 2.24) is 4.90 Å². The van der Waals surface area contributed by atoms with Gasteiger partial charge >= 0.3 is 5.97 Å². The van der Waals surface area contributed by atoms with E-state index in [1.54, 1.807) is 0 Å². The molecule has 1 saturated heterocycles. The van der Waals surface area contributed by atoms with Gasteiger partial charge in [0.2, 0.25) is 5.91 Å². The Bertz CT molecular complexity index is 217. The van der Waals surface area contributed by atoms with Crippen molar-refractivity contribution in [3.63, 3.8) is 0 Å². The lowest BCUT2D eigenvalue weighted by Crippen LogP contribution is -2.43. The number of carboxylic acid groups (broad SMARTS) is 1. The lowest BCUT2D eigenvalue weighted by atomic mass is 10.3. The molecule has 5 nitrogen and oxygen atoms in total. The van der Waals surface area contributed by atoms with E-state index in [-0.39, 0.29) is 5.91 Å². The molecule has 0 spiro atoms. The van der Waals surface area contributed by atoms with Crippen molar-refractivity contribution >= 4 is 11.9 Å². The normalized spacial score (nSPS) is 26.0. The highest BCUT2D eigenvalue weighted by atomic mass is 16.4. The number of carbonyl (C=O) groups excluding carboxylic acids is 1. The summed E-state index contributed by atoms with van der Waals surface area (Å²) >= 11 is 0. The zero-order valence-electron chi connectivity index (χ0n) is 6.86. The molecule has 0 aliphatic carbocycles. The second-order valence-corrected chi connectivity index (χ2v) is 2.94. The Morgan fingerprint density at radius 1 is 1.83 bits per heavy atom. The van der Waals surface area contributed by atoms with E-state index < -0.39 is 18.1 Å². The Morgan fingerprint density at radius 3 is 2.75 bits per heavy atom. The maximum absolute atomic E-state index is 11.2. The Hall–Kier alpha value is -1.10. The molecule has 0 aromatic rings. The van der Waals surface area contributed by atoms with Crippen LogP contribution in [0.1, 0.15) is 13.3 Å². The van der Waals surface area contributed by atoms with E-state index in [1.807, 2.05) is 0 Å². The van der Waals surface area contributed by atoms with Gasteiger partial charge in [0.25, 0.3) is 0 Å². The lowest BCUT2D eigenvalue weighted by Gasteiger charge is -2.20. The second-order valence-electron chi connectivity index (χ2n) is 2.94. The average molecular weight is 172 g/mol. The van der Waals surface area contributed by atoms with Crippen LogP contribution in [0, 0.1) is 0 Å². The molecule has 0 bridgehead atoms. The number of aliphatic carboxylic acids is 1. The van der Waals surface area contributed by atoms with Crippen LogP contribution in [0.4, 0.5) is 0 Å². The highest BCUT2D eigenvalue weighted by Gasteiger charge is 2.34. The summed E-state index contributed by atoms with van der Waals surface area (Å²) in [4.78, 5) is 23.0. The van der Waals surface area contributed by atoms with E-state index in [1.165, 1.54) is 11.8 Å². The van der Waals surface area contributed by atoms with Crippen LogP contribution in [-0.2, 0) is 9.59 Å². The Morgan fingerprint density at radius 2 is 2.42 bits per heavy atom. The first-order valence-corrected chi connectivity index (χ1v) is 3.83. The van der Waals surface area contributed by atoms with E-state index >= 15 is 0 Å². The maximum atomic E-state index is 11.2. The van der Waals surface area contributed by atoms with Crippen LogP contribution in [-0.4, -0.2) is 40.5 Å². The number of nitrogens with two attached hydrogens (primary N) is 1. The predicted molar refractivity (Wildman–Crippen MR) is 41.4 cm³/mol. The van der Waals surface area contributed by atoms with Crippen molar-refractivity contribution in [2.24, 2.45) is 5.73 Å². The zero-order chi connectivity index (χ0) is 9.30. The van der Waals surface area contributed by atoms with Crippen LogP contribution in [0.5, 0.6) is 0 Å². The smallest absolute Gasteiger partial charge is 0.326 e. The fraction of sp³-hybridized carbons (Fsp3) is 0.714. The molecule has 1 rings (SSSR count). The first-order chi connectivity index (χ1) is 5.54. The fourth-order valence-electron chi connectivity index (χ4n) is 1.24. The summed E-state index contributed by atoms with van der Waals surface area (Å²) in [6.07, 6.45) is 0.552. The van der Waals surface area contributed by atoms with Gasteiger partial charge in [0.05, 0.1) is 6.04 Å². The van der Waals surface area contributed by atoms with Gasteiger partial charge in [0, 0.05) is 6.54 Å². The van der Waals surface area contributed by atoms with Crippen molar-refractivity contribution in [1.29, 1.82) is 0 Å². The van der Waals surface area contributed by atoms with Gasteiger partial charge in [-0.05, 0) is 13.3 Å². The number of likely N-dealkylation sites (tertiary alicyclic amines) is 1. The molecule has 1 aliphatic rings. The number of amides is 1. The number of rotatable bonds is 2. The molecule has 12 heavy (non-hydrogen) atoms. The van der Waals surface area contributed by atoms with Gasteiger partial charge in [-0.25, -0.2) is 4.79 Å². The summed E-state index contributed by atoms with van der Waals surface area (Å²) in [6, 6.07) is -1.27. The molecule has 0 aromatic heterocycles. The van der Waals surface area contributed by atoms with Gasteiger partial charge in [0.15, 0.2) is 0 Å². The molecule has 3 N–H and O–H groups in total. The first-order valence-electron chi connectivity index (χ1n) is 3.83. The van der Waals surface area contributed by atoms with Crippen LogP contribution >= 0.6 is 0 Å². The predicted octanol–water partition coefficient (Wildman–Crippen LogP) is -0.981. The quantitative estimate of drug-likeness (QED) is 0.560. The molecule has 1 aliphatic heterocycles. The van der Waals surface area contributed by atoms with Crippen molar-refractivity contribution in [2.45, 2.75) is 25.4 Å². The molecule has 1 fully saturated rings. The number of hydrogen-bond acceptors (Lipinski definition) is 3. The minimum absolute atomic E-state index is 0.259. The number of hydrogen-bond donors (Lipinski definition) is 2. The van der Waals surface area contributed by atoms with Gasteiger partial charge in [-0.3, -0.25) is 4.79 Å². The van der Waals surface area contributed by atoms with E-state index in [0.29, 0.717) is 13.0 Å². The zero-order valence-corrected chi connectivity index (χ0v) is 6.86. The molecule has 0 radical (unpaired) electrons. The van der Waals surface area contributed by atoms with E-state index in [2.05, 4.69) is 0 Å². The molecule has 1 heterocycles. The van der Waals surface area contributed by atoms with Crippen LogP contribution in [0.15, 0.2) is 0 Å². The third kappa shape index (κ3) is 1.40.